The summed E-state index contributed by atoms with van der Waals surface area (Å²) >= 11 is 1.57. The Morgan fingerprint density at radius 2 is 1.85 bits per heavy atom. The fourth-order valence-electron chi connectivity index (χ4n) is 2.54. The van der Waals surface area contributed by atoms with Gasteiger partial charge in [-0.05, 0) is 42.0 Å². The van der Waals surface area contributed by atoms with Gasteiger partial charge in [-0.25, -0.2) is 4.98 Å². The molecule has 0 bridgehead atoms. The number of methoxy groups -OCH3 is 2. The molecule has 3 aromatic rings. The van der Waals surface area contributed by atoms with Gasteiger partial charge in [0.25, 0.3) is 0 Å². The van der Waals surface area contributed by atoms with Gasteiger partial charge in [0.15, 0.2) is 16.7 Å². The standard InChI is InChI=1S/C20H21N3O3S/c1-23-11-10-21-20(23)27-16-7-5-15(6-8-16)22-19(24)13-14-4-9-17(25-2)18(12-14)26-3/h4-12H,13H2,1-3H3,(H,22,24). The lowest BCUT2D eigenvalue weighted by Crippen LogP contribution is -2.14. The molecule has 27 heavy (non-hydrogen) atoms. The van der Waals surface area contributed by atoms with Crippen LogP contribution in [0.4, 0.5) is 5.69 Å². The quantitative estimate of drug-likeness (QED) is 0.673. The van der Waals surface area contributed by atoms with Crippen LogP contribution in [0.25, 0.3) is 0 Å². The van der Waals surface area contributed by atoms with Crippen molar-refractivity contribution < 1.29 is 14.3 Å². The highest BCUT2D eigenvalue weighted by Crippen LogP contribution is 2.28. The van der Waals surface area contributed by atoms with E-state index in [-0.39, 0.29) is 12.3 Å². The normalized spacial score (nSPS) is 10.5. The van der Waals surface area contributed by atoms with Crippen molar-refractivity contribution in [1.82, 2.24) is 9.55 Å². The fraction of sp³-hybridized carbons (Fsp3) is 0.200. The monoisotopic (exact) mass is 383 g/mol. The average molecular weight is 383 g/mol. The Kier molecular flexibility index (Phi) is 6.03. The highest BCUT2D eigenvalue weighted by Gasteiger charge is 2.09. The van der Waals surface area contributed by atoms with Gasteiger partial charge in [-0.1, -0.05) is 17.8 Å². The predicted octanol–water partition coefficient (Wildman–Crippen LogP) is 3.77. The van der Waals surface area contributed by atoms with E-state index in [1.165, 1.54) is 0 Å². The number of rotatable bonds is 7. The summed E-state index contributed by atoms with van der Waals surface area (Å²) in [5.41, 5.74) is 1.61. The lowest BCUT2D eigenvalue weighted by atomic mass is 10.1. The number of carbonyl (C=O) groups excluding carboxylic acids is 1. The van der Waals surface area contributed by atoms with Gasteiger partial charge in [0, 0.05) is 30.0 Å². The number of nitrogens with zero attached hydrogens (tertiary/aromatic N) is 2. The number of hydrogen-bond acceptors (Lipinski definition) is 5. The van der Waals surface area contributed by atoms with Crippen molar-refractivity contribution in [3.63, 3.8) is 0 Å². The Hall–Kier alpha value is -2.93. The van der Waals surface area contributed by atoms with Crippen molar-refractivity contribution in [1.29, 1.82) is 0 Å². The molecule has 0 aliphatic carbocycles. The first-order valence-corrected chi connectivity index (χ1v) is 9.16. The molecule has 0 fully saturated rings. The second-order valence-electron chi connectivity index (χ2n) is 5.86. The summed E-state index contributed by atoms with van der Waals surface area (Å²) in [7, 11) is 5.12. The topological polar surface area (TPSA) is 65.4 Å². The summed E-state index contributed by atoms with van der Waals surface area (Å²) in [5, 5.41) is 3.83. The van der Waals surface area contributed by atoms with E-state index in [0.29, 0.717) is 11.5 Å². The Morgan fingerprint density at radius 1 is 1.11 bits per heavy atom. The van der Waals surface area contributed by atoms with Crippen molar-refractivity contribution in [2.45, 2.75) is 16.5 Å². The summed E-state index contributed by atoms with van der Waals surface area (Å²) in [6, 6.07) is 13.2. The molecule has 3 rings (SSSR count). The number of imidazole rings is 1. The number of ether oxygens (including phenoxy) is 2. The third-order valence-electron chi connectivity index (χ3n) is 3.94. The third-order valence-corrected chi connectivity index (χ3v) is 5.02. The van der Waals surface area contributed by atoms with E-state index in [1.807, 2.05) is 54.2 Å². The number of hydrogen-bond donors (Lipinski definition) is 1. The number of amides is 1. The first-order chi connectivity index (χ1) is 13.1. The lowest BCUT2D eigenvalue weighted by molar-refractivity contribution is -0.115. The van der Waals surface area contributed by atoms with Crippen molar-refractivity contribution in [3.8, 4) is 11.5 Å². The van der Waals surface area contributed by atoms with Gasteiger partial charge in [-0.3, -0.25) is 4.79 Å². The molecule has 2 aromatic carbocycles. The van der Waals surface area contributed by atoms with Crippen LogP contribution in [-0.4, -0.2) is 29.7 Å². The zero-order valence-electron chi connectivity index (χ0n) is 15.4. The third kappa shape index (κ3) is 4.83. The van der Waals surface area contributed by atoms with E-state index >= 15 is 0 Å². The van der Waals surface area contributed by atoms with Gasteiger partial charge in [0.05, 0.1) is 20.6 Å². The van der Waals surface area contributed by atoms with E-state index in [1.54, 1.807) is 38.2 Å². The SMILES string of the molecule is COc1ccc(CC(=O)Nc2ccc(Sc3nccn3C)cc2)cc1OC. The molecule has 140 valence electrons. The molecule has 0 atom stereocenters. The molecule has 0 aliphatic heterocycles. The summed E-state index contributed by atoms with van der Waals surface area (Å²) in [4.78, 5) is 17.7. The maximum Gasteiger partial charge on any atom is 0.228 e. The first kappa shape index (κ1) is 18.8. The largest absolute Gasteiger partial charge is 0.493 e. The number of nitrogens with one attached hydrogen (secondary N) is 1. The Labute approximate surface area is 162 Å². The van der Waals surface area contributed by atoms with Crippen LogP contribution in [0.1, 0.15) is 5.56 Å². The van der Waals surface area contributed by atoms with Crippen LogP contribution in [0.5, 0.6) is 11.5 Å². The molecule has 1 heterocycles. The smallest absolute Gasteiger partial charge is 0.228 e. The van der Waals surface area contributed by atoms with Gasteiger partial charge < -0.3 is 19.4 Å². The minimum Gasteiger partial charge on any atom is -0.493 e. The predicted molar refractivity (Wildman–Crippen MR) is 106 cm³/mol. The van der Waals surface area contributed by atoms with E-state index in [4.69, 9.17) is 9.47 Å². The molecular weight excluding hydrogens is 362 g/mol. The molecule has 0 radical (unpaired) electrons. The number of aromatic nitrogens is 2. The van der Waals surface area contributed by atoms with Gasteiger partial charge in [-0.2, -0.15) is 0 Å². The fourth-order valence-corrected chi connectivity index (χ4v) is 3.34. The number of anilines is 1. The second kappa shape index (κ2) is 8.64. The molecule has 0 aliphatic rings. The molecule has 6 nitrogen and oxygen atoms in total. The van der Waals surface area contributed by atoms with Crippen LogP contribution in [-0.2, 0) is 18.3 Å². The number of carbonyl (C=O) groups is 1. The lowest BCUT2D eigenvalue weighted by Gasteiger charge is -2.10. The minimum atomic E-state index is -0.0910. The average Bonchev–Trinajstić information content (AvgIpc) is 3.07. The molecule has 0 saturated carbocycles. The maximum atomic E-state index is 12.3. The summed E-state index contributed by atoms with van der Waals surface area (Å²) in [5.74, 6) is 1.16. The summed E-state index contributed by atoms with van der Waals surface area (Å²) in [6.45, 7) is 0. The van der Waals surface area contributed by atoms with Crippen LogP contribution in [0.3, 0.4) is 0 Å². The zero-order chi connectivity index (χ0) is 19.2. The first-order valence-electron chi connectivity index (χ1n) is 8.35. The number of benzene rings is 2. The molecule has 1 aromatic heterocycles. The Balaban J connectivity index is 1.60. The molecule has 0 saturated heterocycles. The van der Waals surface area contributed by atoms with E-state index in [9.17, 15) is 4.79 Å². The second-order valence-corrected chi connectivity index (χ2v) is 6.90. The molecule has 1 amide bonds. The maximum absolute atomic E-state index is 12.3. The Bertz CT molecular complexity index is 922. The molecule has 1 N–H and O–H groups in total. The summed E-state index contributed by atoms with van der Waals surface area (Å²) in [6.07, 6.45) is 3.93. The van der Waals surface area contributed by atoms with Crippen LogP contribution in [0.2, 0.25) is 0 Å². The van der Waals surface area contributed by atoms with Gasteiger partial charge >= 0.3 is 0 Å². The van der Waals surface area contributed by atoms with Crippen LogP contribution in [0.15, 0.2) is 64.9 Å². The van der Waals surface area contributed by atoms with Gasteiger partial charge in [-0.15, -0.1) is 0 Å². The Morgan fingerprint density at radius 3 is 2.48 bits per heavy atom. The van der Waals surface area contributed by atoms with Crippen molar-refractivity contribution in [3.05, 3.63) is 60.4 Å². The van der Waals surface area contributed by atoms with Gasteiger partial charge in [0.2, 0.25) is 5.91 Å². The van der Waals surface area contributed by atoms with E-state index < -0.39 is 0 Å². The minimum absolute atomic E-state index is 0.0910. The van der Waals surface area contributed by atoms with E-state index in [0.717, 1.165) is 21.3 Å². The van der Waals surface area contributed by atoms with Crippen molar-refractivity contribution in [2.24, 2.45) is 7.05 Å². The summed E-state index contributed by atoms with van der Waals surface area (Å²) < 4.78 is 12.5. The molecular formula is C20H21N3O3S. The van der Waals surface area contributed by atoms with Crippen molar-refractivity contribution in [2.75, 3.05) is 19.5 Å². The number of aryl methyl sites for hydroxylation is 1. The van der Waals surface area contributed by atoms with Gasteiger partial charge in [0.1, 0.15) is 0 Å². The molecule has 7 heteroatoms. The van der Waals surface area contributed by atoms with Crippen molar-refractivity contribution >= 4 is 23.4 Å². The van der Waals surface area contributed by atoms with Crippen LogP contribution < -0.4 is 14.8 Å². The molecule has 0 spiro atoms. The zero-order valence-corrected chi connectivity index (χ0v) is 16.2. The van der Waals surface area contributed by atoms with E-state index in [2.05, 4.69) is 10.3 Å². The van der Waals surface area contributed by atoms with Crippen LogP contribution in [0, 0.1) is 0 Å². The highest BCUT2D eigenvalue weighted by molar-refractivity contribution is 7.99. The molecule has 0 unspecified atom stereocenters. The van der Waals surface area contributed by atoms with Crippen LogP contribution >= 0.6 is 11.8 Å². The highest BCUT2D eigenvalue weighted by atomic mass is 32.2.